The summed E-state index contributed by atoms with van der Waals surface area (Å²) >= 11 is 0. The Bertz CT molecular complexity index is 1730. The number of fused-ring (bicyclic) bond motifs is 2. The van der Waals surface area contributed by atoms with Crippen molar-refractivity contribution in [2.24, 2.45) is 0 Å². The standard InChI is InChI=1S/C30H30N4O5/c1-18-7-6-10-23-28(18)22(17-32-23)19(2)33-24-12-11-21(29(38)31-13-14-35)15-26(24)34(30(33)39)25(16-27(36)37)20-8-4-3-5-9-20/h3-12,15,17,19,25,32,35H,13-14,16H2,1-2H3,(H,31,38)(H,36,37)/t19?,25-/m1/s1. The Morgan fingerprint density at radius 2 is 1.77 bits per heavy atom. The monoisotopic (exact) mass is 526 g/mol. The Hall–Kier alpha value is -4.63. The molecule has 2 atom stereocenters. The molecule has 0 bridgehead atoms. The molecule has 5 rings (SSSR count). The van der Waals surface area contributed by atoms with Crippen LogP contribution in [0.2, 0.25) is 0 Å². The van der Waals surface area contributed by atoms with E-state index < -0.39 is 24.0 Å². The van der Waals surface area contributed by atoms with Gasteiger partial charge in [-0.25, -0.2) is 4.79 Å². The second-order valence-electron chi connectivity index (χ2n) is 9.65. The van der Waals surface area contributed by atoms with Gasteiger partial charge in [-0.05, 0) is 49.2 Å². The van der Waals surface area contributed by atoms with Crippen molar-refractivity contribution in [1.82, 2.24) is 19.4 Å². The van der Waals surface area contributed by atoms with Crippen LogP contribution in [-0.2, 0) is 4.79 Å². The number of nitrogens with one attached hydrogen (secondary N) is 2. The van der Waals surface area contributed by atoms with E-state index in [9.17, 15) is 19.5 Å². The van der Waals surface area contributed by atoms with Crippen molar-refractivity contribution in [1.29, 1.82) is 0 Å². The molecule has 2 aromatic heterocycles. The molecule has 0 aliphatic carbocycles. The van der Waals surface area contributed by atoms with Crippen LogP contribution in [0.5, 0.6) is 0 Å². The number of carboxylic acids is 1. The molecule has 2 heterocycles. The van der Waals surface area contributed by atoms with Crippen molar-refractivity contribution in [2.75, 3.05) is 13.2 Å². The molecule has 200 valence electrons. The highest BCUT2D eigenvalue weighted by Gasteiger charge is 2.28. The maximum absolute atomic E-state index is 14.3. The zero-order valence-electron chi connectivity index (χ0n) is 21.7. The van der Waals surface area contributed by atoms with E-state index in [1.54, 1.807) is 47.0 Å². The minimum atomic E-state index is -1.05. The lowest BCUT2D eigenvalue weighted by molar-refractivity contribution is -0.137. The lowest BCUT2D eigenvalue weighted by atomic mass is 10.0. The fourth-order valence-corrected chi connectivity index (χ4v) is 5.40. The van der Waals surface area contributed by atoms with Crippen molar-refractivity contribution in [3.63, 3.8) is 0 Å². The number of nitrogens with zero attached hydrogens (tertiary/aromatic N) is 2. The highest BCUT2D eigenvalue weighted by molar-refractivity contribution is 5.97. The summed E-state index contributed by atoms with van der Waals surface area (Å²) < 4.78 is 3.15. The molecule has 4 N–H and O–H groups in total. The van der Waals surface area contributed by atoms with Crippen molar-refractivity contribution in [3.05, 3.63) is 106 Å². The zero-order chi connectivity index (χ0) is 27.7. The number of aromatic nitrogens is 3. The molecule has 0 fully saturated rings. The molecule has 9 heteroatoms. The second kappa shape index (κ2) is 10.6. The van der Waals surface area contributed by atoms with Gasteiger partial charge in [-0.1, -0.05) is 42.5 Å². The van der Waals surface area contributed by atoms with Gasteiger partial charge in [-0.15, -0.1) is 0 Å². The molecule has 0 aliphatic heterocycles. The van der Waals surface area contributed by atoms with Gasteiger partial charge in [0.1, 0.15) is 0 Å². The van der Waals surface area contributed by atoms with Crippen molar-refractivity contribution in [3.8, 4) is 0 Å². The first-order valence-corrected chi connectivity index (χ1v) is 12.8. The lowest BCUT2D eigenvalue weighted by Gasteiger charge is -2.18. The summed E-state index contributed by atoms with van der Waals surface area (Å²) in [4.78, 5) is 42.3. The number of aryl methyl sites for hydroxylation is 1. The van der Waals surface area contributed by atoms with Crippen LogP contribution in [0.3, 0.4) is 0 Å². The summed E-state index contributed by atoms with van der Waals surface area (Å²) in [5.74, 6) is -1.44. The number of carbonyl (C=O) groups is 2. The van der Waals surface area contributed by atoms with Gasteiger partial charge in [0.25, 0.3) is 5.91 Å². The summed E-state index contributed by atoms with van der Waals surface area (Å²) in [6.45, 7) is 3.85. The van der Waals surface area contributed by atoms with Crippen molar-refractivity contribution >= 4 is 33.8 Å². The molecular formula is C30H30N4O5. The van der Waals surface area contributed by atoms with Crippen LogP contribution in [0.1, 0.15) is 52.5 Å². The number of carboxylic acid groups (broad SMARTS) is 1. The third-order valence-corrected chi connectivity index (χ3v) is 7.21. The van der Waals surface area contributed by atoms with Gasteiger partial charge in [-0.2, -0.15) is 0 Å². The molecule has 0 radical (unpaired) electrons. The molecule has 0 aliphatic rings. The summed E-state index contributed by atoms with van der Waals surface area (Å²) in [7, 11) is 0. The number of amides is 1. The Morgan fingerprint density at radius 3 is 2.49 bits per heavy atom. The van der Waals surface area contributed by atoms with E-state index in [4.69, 9.17) is 5.11 Å². The molecule has 39 heavy (non-hydrogen) atoms. The van der Waals surface area contributed by atoms with E-state index in [1.807, 2.05) is 44.3 Å². The summed E-state index contributed by atoms with van der Waals surface area (Å²) in [5, 5.41) is 22.6. The minimum absolute atomic E-state index is 0.0906. The predicted molar refractivity (Wildman–Crippen MR) is 149 cm³/mol. The number of hydrogen-bond acceptors (Lipinski definition) is 4. The van der Waals surface area contributed by atoms with Crippen LogP contribution in [0.25, 0.3) is 21.9 Å². The average molecular weight is 527 g/mol. The fraction of sp³-hybridized carbons (Fsp3) is 0.233. The van der Waals surface area contributed by atoms with Gasteiger partial charge in [0.05, 0.1) is 36.1 Å². The third kappa shape index (κ3) is 4.72. The van der Waals surface area contributed by atoms with Gasteiger partial charge in [0.15, 0.2) is 0 Å². The maximum atomic E-state index is 14.3. The number of rotatable bonds is 9. The molecule has 1 unspecified atom stereocenters. The number of aliphatic hydroxyl groups excluding tert-OH is 1. The number of hydrogen-bond donors (Lipinski definition) is 4. The largest absolute Gasteiger partial charge is 0.481 e. The summed E-state index contributed by atoms with van der Waals surface area (Å²) in [6, 6.07) is 18.8. The van der Waals surface area contributed by atoms with Crippen molar-refractivity contribution in [2.45, 2.75) is 32.4 Å². The lowest BCUT2D eigenvalue weighted by Crippen LogP contribution is -2.31. The Balaban J connectivity index is 1.77. The topological polar surface area (TPSA) is 129 Å². The molecule has 1 amide bonds. The van der Waals surface area contributed by atoms with Gasteiger partial charge >= 0.3 is 11.7 Å². The smallest absolute Gasteiger partial charge is 0.330 e. The Labute approximate surface area is 224 Å². The maximum Gasteiger partial charge on any atom is 0.330 e. The fourth-order valence-electron chi connectivity index (χ4n) is 5.40. The molecular weight excluding hydrogens is 496 g/mol. The van der Waals surface area contributed by atoms with E-state index in [0.29, 0.717) is 22.2 Å². The zero-order valence-corrected chi connectivity index (χ0v) is 21.7. The van der Waals surface area contributed by atoms with Crippen LogP contribution in [0, 0.1) is 6.92 Å². The highest BCUT2D eigenvalue weighted by atomic mass is 16.4. The predicted octanol–water partition coefficient (Wildman–Crippen LogP) is 3.99. The molecule has 0 saturated heterocycles. The summed E-state index contributed by atoms with van der Waals surface area (Å²) in [5.41, 5.74) is 4.61. The Kier molecular flexibility index (Phi) is 7.08. The summed E-state index contributed by atoms with van der Waals surface area (Å²) in [6.07, 6.45) is 1.59. The van der Waals surface area contributed by atoms with E-state index in [1.165, 1.54) is 4.57 Å². The van der Waals surface area contributed by atoms with Crippen LogP contribution in [-0.4, -0.2) is 49.4 Å². The second-order valence-corrected chi connectivity index (χ2v) is 9.65. The number of aromatic amines is 1. The first-order chi connectivity index (χ1) is 18.8. The number of aliphatic carboxylic acids is 1. The van der Waals surface area contributed by atoms with E-state index in [-0.39, 0.29) is 25.3 Å². The molecule has 5 aromatic rings. The number of aliphatic hydroxyl groups is 1. The normalized spacial score (nSPS) is 13.0. The number of carbonyl (C=O) groups excluding carboxylic acids is 1. The first kappa shape index (κ1) is 26.0. The van der Waals surface area contributed by atoms with Crippen LogP contribution >= 0.6 is 0 Å². The van der Waals surface area contributed by atoms with Gasteiger partial charge in [-0.3, -0.25) is 18.7 Å². The van der Waals surface area contributed by atoms with Crippen LogP contribution in [0.4, 0.5) is 0 Å². The average Bonchev–Trinajstić information content (AvgIpc) is 3.49. The first-order valence-electron chi connectivity index (χ1n) is 12.8. The third-order valence-electron chi connectivity index (χ3n) is 7.21. The number of imidazole rings is 1. The van der Waals surface area contributed by atoms with Gasteiger partial charge in [0.2, 0.25) is 0 Å². The number of benzene rings is 3. The van der Waals surface area contributed by atoms with E-state index in [0.717, 1.165) is 22.0 Å². The van der Waals surface area contributed by atoms with Crippen molar-refractivity contribution < 1.29 is 19.8 Å². The van der Waals surface area contributed by atoms with E-state index >= 15 is 0 Å². The minimum Gasteiger partial charge on any atom is -0.481 e. The SMILES string of the molecule is Cc1cccc2[nH]cc(C(C)n3c(=O)n([C@H](CC(=O)O)c4ccccc4)c4cc(C(=O)NCCO)ccc43)c12. The van der Waals surface area contributed by atoms with E-state index in [2.05, 4.69) is 10.3 Å². The number of H-pyrrole nitrogens is 1. The molecule has 9 nitrogen and oxygen atoms in total. The van der Waals surface area contributed by atoms with Gasteiger partial charge < -0.3 is 20.5 Å². The quantitative estimate of drug-likeness (QED) is 0.231. The Morgan fingerprint density at radius 1 is 1.00 bits per heavy atom. The molecule has 3 aromatic carbocycles. The van der Waals surface area contributed by atoms with Crippen LogP contribution < -0.4 is 11.0 Å². The molecule has 0 saturated carbocycles. The molecule has 0 spiro atoms. The highest BCUT2D eigenvalue weighted by Crippen LogP contribution is 2.33. The van der Waals surface area contributed by atoms with Gasteiger partial charge in [0, 0.05) is 34.8 Å². The van der Waals surface area contributed by atoms with Crippen LogP contribution in [0.15, 0.2) is 77.7 Å².